The van der Waals surface area contributed by atoms with Crippen LogP contribution in [0.2, 0.25) is 0 Å². The first-order valence-corrected chi connectivity index (χ1v) is 5.04. The Morgan fingerprint density at radius 3 is 2.67 bits per heavy atom. The van der Waals surface area contributed by atoms with Crippen LogP contribution in [0.1, 0.15) is 17.7 Å². The Kier molecular flexibility index (Phi) is 2.44. The number of nitrogens with two attached hydrogens (primary N) is 1. The molecule has 2 N–H and O–H groups in total. The highest BCUT2D eigenvalue weighted by Crippen LogP contribution is 2.16. The van der Waals surface area contributed by atoms with Crippen LogP contribution in [-0.4, -0.2) is 13.4 Å². The van der Waals surface area contributed by atoms with E-state index in [0.717, 1.165) is 0 Å². The van der Waals surface area contributed by atoms with Crippen LogP contribution in [0.3, 0.4) is 0 Å². The molecule has 1 atom stereocenters. The quantitative estimate of drug-likeness (QED) is 0.728. The fourth-order valence-electron chi connectivity index (χ4n) is 0.806. The molecule has 1 unspecified atom stereocenters. The van der Waals surface area contributed by atoms with Crippen molar-refractivity contribution >= 4 is 10.0 Å². The molecule has 4 nitrogen and oxygen atoms in total. The molecule has 0 aliphatic carbocycles. The predicted octanol–water partition coefficient (Wildman–Crippen LogP) is 0.431. The lowest BCUT2D eigenvalue weighted by Crippen LogP contribution is -2.19. The largest absolute Gasteiger partial charge is 0.264 e. The van der Waals surface area contributed by atoms with Crippen molar-refractivity contribution in [1.82, 2.24) is 4.98 Å². The van der Waals surface area contributed by atoms with Gasteiger partial charge in [-0.2, -0.15) is 0 Å². The Morgan fingerprint density at radius 1 is 1.58 bits per heavy atom. The van der Waals surface area contributed by atoms with Crippen LogP contribution in [0, 0.1) is 0 Å². The van der Waals surface area contributed by atoms with E-state index >= 15 is 0 Å². The Balaban J connectivity index is 3.02. The van der Waals surface area contributed by atoms with Gasteiger partial charge in [0.1, 0.15) is 0 Å². The maximum atomic E-state index is 10.9. The van der Waals surface area contributed by atoms with Gasteiger partial charge in [-0.05, 0) is 18.6 Å². The molecular weight excluding hydrogens is 176 g/mol. The second kappa shape index (κ2) is 3.20. The zero-order chi connectivity index (χ0) is 9.19. The topological polar surface area (TPSA) is 73.0 Å². The summed E-state index contributed by atoms with van der Waals surface area (Å²) in [5, 5.41) is 4.27. The van der Waals surface area contributed by atoms with E-state index in [4.69, 9.17) is 5.14 Å². The minimum Gasteiger partial charge on any atom is -0.264 e. The van der Waals surface area contributed by atoms with E-state index in [1.165, 1.54) is 13.1 Å². The summed E-state index contributed by atoms with van der Waals surface area (Å²) in [5.41, 5.74) is 0.611. The van der Waals surface area contributed by atoms with Gasteiger partial charge in [-0.25, -0.2) is 13.6 Å². The number of aromatic nitrogens is 1. The minimum atomic E-state index is -3.50. The lowest BCUT2D eigenvalue weighted by molar-refractivity contribution is 0.588. The van der Waals surface area contributed by atoms with Crippen LogP contribution in [0.4, 0.5) is 0 Å². The van der Waals surface area contributed by atoms with Crippen LogP contribution < -0.4 is 5.14 Å². The van der Waals surface area contributed by atoms with E-state index < -0.39 is 15.3 Å². The fraction of sp³-hybridized carbons (Fsp3) is 0.286. The molecule has 0 aliphatic rings. The number of hydrogen-bond acceptors (Lipinski definition) is 3. The normalized spacial score (nSPS) is 14.2. The first-order chi connectivity index (χ1) is 5.52. The highest BCUT2D eigenvalue weighted by Gasteiger charge is 2.17. The van der Waals surface area contributed by atoms with Crippen molar-refractivity contribution in [2.24, 2.45) is 5.14 Å². The molecule has 1 rings (SSSR count). The van der Waals surface area contributed by atoms with Gasteiger partial charge in [-0.3, -0.25) is 4.98 Å². The Labute approximate surface area is 71.5 Å². The molecule has 66 valence electrons. The van der Waals surface area contributed by atoms with E-state index in [-0.39, 0.29) is 0 Å². The summed E-state index contributed by atoms with van der Waals surface area (Å²) in [5.74, 6) is 0. The molecule has 1 aromatic heterocycles. The van der Waals surface area contributed by atoms with Crippen LogP contribution in [-0.2, 0) is 10.0 Å². The summed E-state index contributed by atoms with van der Waals surface area (Å²) in [6.07, 6.45) is 3.08. The number of sulfonamides is 1. The second-order valence-electron chi connectivity index (χ2n) is 2.52. The van der Waals surface area contributed by atoms with Gasteiger partial charge in [0.05, 0.1) is 5.25 Å². The molecule has 0 radical (unpaired) electrons. The van der Waals surface area contributed by atoms with E-state index in [1.54, 1.807) is 18.3 Å². The molecule has 0 saturated carbocycles. The SMILES string of the molecule is CC(c1cccnc1)S(N)(=O)=O. The van der Waals surface area contributed by atoms with Gasteiger partial charge in [0.25, 0.3) is 0 Å². The molecule has 0 spiro atoms. The molecule has 0 saturated heterocycles. The third kappa shape index (κ3) is 2.02. The molecule has 1 aromatic rings. The number of nitrogens with zero attached hydrogens (tertiary/aromatic N) is 1. The van der Waals surface area contributed by atoms with Crippen molar-refractivity contribution in [3.05, 3.63) is 30.1 Å². The van der Waals surface area contributed by atoms with Gasteiger partial charge in [0, 0.05) is 12.4 Å². The summed E-state index contributed by atoms with van der Waals surface area (Å²) in [6.45, 7) is 1.53. The lowest BCUT2D eigenvalue weighted by Gasteiger charge is -2.07. The molecule has 0 aliphatic heterocycles. The highest BCUT2D eigenvalue weighted by atomic mass is 32.2. The van der Waals surface area contributed by atoms with Crippen molar-refractivity contribution in [3.8, 4) is 0 Å². The molecule has 1 heterocycles. The Hall–Kier alpha value is -0.940. The van der Waals surface area contributed by atoms with E-state index in [2.05, 4.69) is 4.98 Å². The summed E-state index contributed by atoms with van der Waals surface area (Å²) < 4.78 is 21.8. The number of pyridine rings is 1. The van der Waals surface area contributed by atoms with Gasteiger partial charge in [-0.15, -0.1) is 0 Å². The molecule has 0 fully saturated rings. The van der Waals surface area contributed by atoms with Gasteiger partial charge < -0.3 is 0 Å². The summed E-state index contributed by atoms with van der Waals surface area (Å²) in [4.78, 5) is 3.80. The third-order valence-corrected chi connectivity index (χ3v) is 2.90. The summed E-state index contributed by atoms with van der Waals surface area (Å²) in [6, 6.07) is 3.36. The third-order valence-electron chi connectivity index (χ3n) is 1.65. The average molecular weight is 186 g/mol. The zero-order valence-electron chi connectivity index (χ0n) is 6.64. The summed E-state index contributed by atoms with van der Waals surface area (Å²) in [7, 11) is -3.50. The Bertz CT molecular complexity index is 347. The minimum absolute atomic E-state index is 0.611. The van der Waals surface area contributed by atoms with E-state index in [9.17, 15) is 8.42 Å². The van der Waals surface area contributed by atoms with Crippen molar-refractivity contribution in [3.63, 3.8) is 0 Å². The van der Waals surface area contributed by atoms with Gasteiger partial charge >= 0.3 is 0 Å². The van der Waals surface area contributed by atoms with Gasteiger partial charge in [0.2, 0.25) is 10.0 Å². The number of primary sulfonamides is 1. The van der Waals surface area contributed by atoms with E-state index in [0.29, 0.717) is 5.56 Å². The predicted molar refractivity (Wildman–Crippen MR) is 45.8 cm³/mol. The summed E-state index contributed by atoms with van der Waals surface area (Å²) >= 11 is 0. The molecule has 5 heteroatoms. The van der Waals surface area contributed by atoms with Crippen molar-refractivity contribution in [2.75, 3.05) is 0 Å². The molecule has 0 amide bonds. The second-order valence-corrected chi connectivity index (χ2v) is 4.40. The van der Waals surface area contributed by atoms with E-state index in [1.807, 2.05) is 0 Å². The standard InChI is InChI=1S/C7H10N2O2S/c1-6(12(8,10)11)7-3-2-4-9-5-7/h2-6H,1H3,(H2,8,10,11). The maximum Gasteiger partial charge on any atom is 0.215 e. The number of hydrogen-bond donors (Lipinski definition) is 1. The first-order valence-electron chi connectivity index (χ1n) is 3.43. The fourth-order valence-corrected chi connectivity index (χ4v) is 1.32. The Morgan fingerprint density at radius 2 is 2.25 bits per heavy atom. The molecular formula is C7H10N2O2S. The van der Waals surface area contributed by atoms with Crippen molar-refractivity contribution in [2.45, 2.75) is 12.2 Å². The molecule has 0 aromatic carbocycles. The molecule has 12 heavy (non-hydrogen) atoms. The maximum absolute atomic E-state index is 10.9. The van der Waals surface area contributed by atoms with Crippen LogP contribution in [0.5, 0.6) is 0 Å². The van der Waals surface area contributed by atoms with Crippen LogP contribution in [0.15, 0.2) is 24.5 Å². The first kappa shape index (κ1) is 9.15. The number of rotatable bonds is 2. The smallest absolute Gasteiger partial charge is 0.215 e. The van der Waals surface area contributed by atoms with Crippen LogP contribution >= 0.6 is 0 Å². The molecule has 0 bridgehead atoms. The van der Waals surface area contributed by atoms with Gasteiger partial charge in [0.15, 0.2) is 0 Å². The monoisotopic (exact) mass is 186 g/mol. The lowest BCUT2D eigenvalue weighted by atomic mass is 10.2. The average Bonchev–Trinajstić information content (AvgIpc) is 2.03. The zero-order valence-corrected chi connectivity index (χ0v) is 7.45. The van der Waals surface area contributed by atoms with Crippen molar-refractivity contribution in [1.29, 1.82) is 0 Å². The highest BCUT2D eigenvalue weighted by molar-refractivity contribution is 7.89. The van der Waals surface area contributed by atoms with Crippen molar-refractivity contribution < 1.29 is 8.42 Å². The van der Waals surface area contributed by atoms with Gasteiger partial charge in [-0.1, -0.05) is 6.07 Å². The van der Waals surface area contributed by atoms with Crippen LogP contribution in [0.25, 0.3) is 0 Å².